The van der Waals surface area contributed by atoms with Gasteiger partial charge < -0.3 is 4.90 Å². The summed E-state index contributed by atoms with van der Waals surface area (Å²) in [6, 6.07) is 12.1. The maximum absolute atomic E-state index is 5.51. The number of hydrogen-bond acceptors (Lipinski definition) is 4. The molecule has 0 fully saturated rings. The molecule has 0 amide bonds. The number of benzene rings is 2. The van der Waals surface area contributed by atoms with Crippen molar-refractivity contribution >= 4 is 39.0 Å². The first-order valence-electron chi connectivity index (χ1n) is 5.84. The molecule has 0 unspecified atom stereocenters. The van der Waals surface area contributed by atoms with Gasteiger partial charge in [-0.05, 0) is 36.4 Å². The van der Waals surface area contributed by atoms with Crippen LogP contribution in [0.15, 0.2) is 40.9 Å². The molecule has 96 valence electrons. The Morgan fingerprint density at radius 1 is 1.16 bits per heavy atom. The van der Waals surface area contributed by atoms with E-state index in [1.165, 1.54) is 5.69 Å². The summed E-state index contributed by atoms with van der Waals surface area (Å²) in [6.07, 6.45) is 0. The van der Waals surface area contributed by atoms with Crippen molar-refractivity contribution in [3.05, 3.63) is 41.8 Å². The standard InChI is InChI=1S/C14H12ClN3S/c1-18(2)10-4-6-12-14(8-10)19-13-7-9(17-15)3-5-11(13)16-12/h3-8H,1-2H3/b17-9+. The maximum atomic E-state index is 5.51. The van der Waals surface area contributed by atoms with E-state index in [9.17, 15) is 0 Å². The highest BCUT2D eigenvalue weighted by molar-refractivity contribution is 7.21. The van der Waals surface area contributed by atoms with E-state index in [0.717, 1.165) is 26.1 Å². The monoisotopic (exact) mass is 289 g/mol. The Hall–Kier alpha value is -1.65. The van der Waals surface area contributed by atoms with Crippen molar-refractivity contribution in [1.82, 2.24) is 4.98 Å². The largest absolute Gasteiger partial charge is 0.378 e. The van der Waals surface area contributed by atoms with Crippen LogP contribution in [-0.4, -0.2) is 19.1 Å². The van der Waals surface area contributed by atoms with Crippen LogP contribution in [0.25, 0.3) is 20.8 Å². The molecule has 0 aromatic heterocycles. The van der Waals surface area contributed by atoms with Crippen molar-refractivity contribution in [2.75, 3.05) is 19.0 Å². The molecule has 3 nitrogen and oxygen atoms in total. The summed E-state index contributed by atoms with van der Waals surface area (Å²) in [4.78, 5) is 7.83. The molecule has 1 aliphatic carbocycles. The van der Waals surface area contributed by atoms with Crippen molar-refractivity contribution in [3.8, 4) is 10.6 Å². The van der Waals surface area contributed by atoms with Crippen LogP contribution in [0, 0.1) is 0 Å². The van der Waals surface area contributed by atoms with Gasteiger partial charge in [-0.3, -0.25) is 0 Å². The Kier molecular flexibility index (Phi) is 3.12. The smallest absolute Gasteiger partial charge is 0.0811 e. The van der Waals surface area contributed by atoms with Crippen molar-refractivity contribution in [1.29, 1.82) is 0 Å². The van der Waals surface area contributed by atoms with Crippen molar-refractivity contribution in [2.24, 2.45) is 4.51 Å². The predicted octanol–water partition coefficient (Wildman–Crippen LogP) is 3.52. The van der Waals surface area contributed by atoms with E-state index in [2.05, 4.69) is 32.6 Å². The first-order chi connectivity index (χ1) is 9.17. The zero-order valence-electron chi connectivity index (χ0n) is 10.6. The molecule has 5 heteroatoms. The van der Waals surface area contributed by atoms with Crippen LogP contribution < -0.4 is 10.3 Å². The van der Waals surface area contributed by atoms with Crippen molar-refractivity contribution in [3.63, 3.8) is 0 Å². The normalized spacial score (nSPS) is 12.3. The fourth-order valence-corrected chi connectivity index (χ4v) is 3.07. The van der Waals surface area contributed by atoms with Crippen molar-refractivity contribution < 1.29 is 0 Å². The summed E-state index contributed by atoms with van der Waals surface area (Å²) in [6.45, 7) is 0. The van der Waals surface area contributed by atoms with Gasteiger partial charge in [-0.15, -0.1) is 11.3 Å². The van der Waals surface area contributed by atoms with Gasteiger partial charge in [0.1, 0.15) is 0 Å². The predicted molar refractivity (Wildman–Crippen MR) is 82.0 cm³/mol. The number of hydrogen-bond donors (Lipinski definition) is 0. The van der Waals surface area contributed by atoms with E-state index < -0.39 is 0 Å². The number of rotatable bonds is 1. The van der Waals surface area contributed by atoms with E-state index in [1.807, 2.05) is 32.3 Å². The fraction of sp³-hybridized carbons (Fsp3) is 0.143. The quantitative estimate of drug-likeness (QED) is 0.641. The number of halogens is 1. The highest BCUT2D eigenvalue weighted by atomic mass is 35.5. The first kappa shape index (κ1) is 12.4. The second-order valence-electron chi connectivity index (χ2n) is 4.50. The minimum atomic E-state index is 0.760. The van der Waals surface area contributed by atoms with Gasteiger partial charge in [-0.1, -0.05) is 0 Å². The Labute approximate surface area is 120 Å². The molecule has 0 saturated heterocycles. The molecule has 1 heterocycles. The molecule has 0 atom stereocenters. The molecule has 1 aromatic carbocycles. The number of aromatic nitrogens is 1. The minimum absolute atomic E-state index is 0.760. The molecule has 2 aliphatic rings. The van der Waals surface area contributed by atoms with Gasteiger partial charge in [0.15, 0.2) is 0 Å². The Balaban J connectivity index is 2.31. The third-order valence-electron chi connectivity index (χ3n) is 2.96. The summed E-state index contributed by atoms with van der Waals surface area (Å²) in [5.41, 5.74) is 3.15. The molecule has 0 spiro atoms. The Morgan fingerprint density at radius 3 is 2.74 bits per heavy atom. The van der Waals surface area contributed by atoms with Crippen LogP contribution in [-0.2, 0) is 0 Å². The fourth-order valence-electron chi connectivity index (χ4n) is 1.93. The van der Waals surface area contributed by atoms with Crippen LogP contribution in [0.5, 0.6) is 0 Å². The van der Waals surface area contributed by atoms with Gasteiger partial charge in [-0.2, -0.15) is 4.51 Å². The molecular formula is C14H12ClN3S. The van der Waals surface area contributed by atoms with Crippen molar-refractivity contribution in [2.45, 2.75) is 0 Å². The van der Waals surface area contributed by atoms with E-state index in [0.29, 0.717) is 0 Å². The summed E-state index contributed by atoms with van der Waals surface area (Å²) in [7, 11) is 4.07. The van der Waals surface area contributed by atoms with Crippen LogP contribution in [0.2, 0.25) is 0 Å². The number of fused-ring (bicyclic) bond motifs is 2. The van der Waals surface area contributed by atoms with Gasteiger partial charge in [0.25, 0.3) is 0 Å². The second kappa shape index (κ2) is 4.79. The Bertz CT molecular complexity index is 779. The highest BCUT2D eigenvalue weighted by Crippen LogP contribution is 2.31. The molecule has 0 bridgehead atoms. The molecule has 0 N–H and O–H groups in total. The maximum Gasteiger partial charge on any atom is 0.0811 e. The third kappa shape index (κ3) is 2.29. The van der Waals surface area contributed by atoms with E-state index in [4.69, 9.17) is 11.8 Å². The van der Waals surface area contributed by atoms with Crippen LogP contribution in [0.4, 0.5) is 5.69 Å². The molecular weight excluding hydrogens is 278 g/mol. The third-order valence-corrected chi connectivity index (χ3v) is 4.25. The van der Waals surface area contributed by atoms with Crippen LogP contribution in [0.3, 0.4) is 0 Å². The second-order valence-corrected chi connectivity index (χ2v) is 5.75. The van der Waals surface area contributed by atoms with Gasteiger partial charge in [0.05, 0.1) is 26.1 Å². The topological polar surface area (TPSA) is 28.5 Å². The zero-order chi connectivity index (χ0) is 13.4. The van der Waals surface area contributed by atoms with Gasteiger partial charge in [0, 0.05) is 31.6 Å². The summed E-state index contributed by atoms with van der Waals surface area (Å²) in [5.74, 6) is 0. The average molecular weight is 290 g/mol. The van der Waals surface area contributed by atoms with E-state index in [-0.39, 0.29) is 0 Å². The molecule has 1 aliphatic heterocycles. The zero-order valence-corrected chi connectivity index (χ0v) is 12.2. The number of nitrogens with zero attached hydrogens (tertiary/aromatic N) is 3. The first-order valence-corrected chi connectivity index (χ1v) is 7.00. The Morgan fingerprint density at radius 2 is 2.00 bits per heavy atom. The molecule has 3 rings (SSSR count). The van der Waals surface area contributed by atoms with Gasteiger partial charge >= 0.3 is 0 Å². The van der Waals surface area contributed by atoms with Gasteiger partial charge in [0.2, 0.25) is 0 Å². The van der Waals surface area contributed by atoms with Gasteiger partial charge in [-0.25, -0.2) is 4.98 Å². The van der Waals surface area contributed by atoms with E-state index >= 15 is 0 Å². The van der Waals surface area contributed by atoms with Crippen LogP contribution in [0.1, 0.15) is 0 Å². The lowest BCUT2D eigenvalue weighted by molar-refractivity contribution is 1.13. The minimum Gasteiger partial charge on any atom is -0.378 e. The molecule has 1 aromatic rings. The average Bonchev–Trinajstić information content (AvgIpc) is 2.43. The van der Waals surface area contributed by atoms with Crippen LogP contribution >= 0.6 is 23.1 Å². The number of anilines is 1. The molecule has 0 radical (unpaired) electrons. The summed E-state index contributed by atoms with van der Waals surface area (Å²) < 4.78 is 4.85. The summed E-state index contributed by atoms with van der Waals surface area (Å²) >= 11 is 7.22. The lowest BCUT2D eigenvalue weighted by atomic mass is 10.2. The van der Waals surface area contributed by atoms with E-state index in [1.54, 1.807) is 11.3 Å². The molecule has 19 heavy (non-hydrogen) atoms. The lowest BCUT2D eigenvalue weighted by Gasteiger charge is -2.13. The SMILES string of the molecule is CN(C)c1ccc2nc3cc/c(=N\Cl)cc-3sc2c1. The lowest BCUT2D eigenvalue weighted by Crippen LogP contribution is -2.08. The highest BCUT2D eigenvalue weighted by Gasteiger charge is 2.07. The molecule has 0 saturated carbocycles. The summed E-state index contributed by atoms with van der Waals surface area (Å²) in [5, 5.41) is 0.760.